The van der Waals surface area contributed by atoms with E-state index in [4.69, 9.17) is 13.9 Å². The molecule has 5 heteroatoms. The summed E-state index contributed by atoms with van der Waals surface area (Å²) in [6.07, 6.45) is 1.62. The largest absolute Gasteiger partial charge is 0.493 e. The Hall–Kier alpha value is -4.51. The van der Waals surface area contributed by atoms with Crippen molar-refractivity contribution in [3.63, 3.8) is 0 Å². The molecule has 36 heavy (non-hydrogen) atoms. The predicted octanol–water partition coefficient (Wildman–Crippen LogP) is 6.86. The molecule has 0 bridgehead atoms. The fourth-order valence-corrected chi connectivity index (χ4v) is 4.18. The van der Waals surface area contributed by atoms with E-state index in [0.29, 0.717) is 36.8 Å². The Labute approximate surface area is 210 Å². The molecule has 0 saturated heterocycles. The van der Waals surface area contributed by atoms with E-state index in [1.54, 1.807) is 18.3 Å². The van der Waals surface area contributed by atoms with Crippen LogP contribution in [0.2, 0.25) is 0 Å². The molecule has 0 N–H and O–H groups in total. The van der Waals surface area contributed by atoms with Crippen LogP contribution in [-0.2, 0) is 19.7 Å². The van der Waals surface area contributed by atoms with Crippen molar-refractivity contribution in [2.24, 2.45) is 0 Å². The van der Waals surface area contributed by atoms with Gasteiger partial charge >= 0.3 is 0 Å². The van der Waals surface area contributed by atoms with Crippen LogP contribution >= 0.6 is 0 Å². The van der Waals surface area contributed by atoms with Crippen LogP contribution < -0.4 is 9.47 Å². The van der Waals surface area contributed by atoms with E-state index in [2.05, 4.69) is 0 Å². The number of methoxy groups -OCH3 is 1. The second kappa shape index (κ2) is 10.8. The number of ether oxygens (including phenoxy) is 2. The zero-order valence-electron chi connectivity index (χ0n) is 20.1. The number of fused-ring (bicyclic) bond motifs is 1. The first-order valence-electron chi connectivity index (χ1n) is 11.8. The minimum Gasteiger partial charge on any atom is -0.493 e. The van der Waals surface area contributed by atoms with Gasteiger partial charge in [-0.05, 0) is 58.3 Å². The van der Waals surface area contributed by atoms with E-state index >= 15 is 0 Å². The van der Waals surface area contributed by atoms with E-state index < -0.39 is 0 Å². The Morgan fingerprint density at radius 3 is 2.33 bits per heavy atom. The number of amides is 1. The van der Waals surface area contributed by atoms with Gasteiger partial charge in [-0.25, -0.2) is 0 Å². The van der Waals surface area contributed by atoms with E-state index in [1.807, 2.05) is 103 Å². The Bertz CT molecular complexity index is 1440. The van der Waals surface area contributed by atoms with Crippen LogP contribution in [0.4, 0.5) is 0 Å². The number of furan rings is 1. The van der Waals surface area contributed by atoms with Gasteiger partial charge in [-0.15, -0.1) is 0 Å². The Balaban J connectivity index is 1.38. The molecule has 0 radical (unpaired) electrons. The second-order valence-electron chi connectivity index (χ2n) is 8.56. The maximum absolute atomic E-state index is 13.6. The average Bonchev–Trinajstić information content (AvgIpc) is 3.45. The fraction of sp³-hybridized carbons (Fsp3) is 0.129. The zero-order chi connectivity index (χ0) is 24.7. The van der Waals surface area contributed by atoms with Crippen molar-refractivity contribution >= 4 is 16.7 Å². The normalized spacial score (nSPS) is 10.8. The first kappa shape index (κ1) is 23.2. The SMILES string of the molecule is COc1cc(CN(Cc2ccco2)C(=O)c2ccc3ccccc3c2)ccc1OCc1ccccc1. The summed E-state index contributed by atoms with van der Waals surface area (Å²) >= 11 is 0. The van der Waals surface area contributed by atoms with Crippen LogP contribution in [0.3, 0.4) is 0 Å². The average molecular weight is 478 g/mol. The van der Waals surface area contributed by atoms with Crippen molar-refractivity contribution < 1.29 is 18.7 Å². The number of carbonyl (C=O) groups is 1. The second-order valence-corrected chi connectivity index (χ2v) is 8.56. The molecule has 0 spiro atoms. The maximum atomic E-state index is 13.6. The molecule has 0 atom stereocenters. The van der Waals surface area contributed by atoms with Gasteiger partial charge in [0.05, 0.1) is 19.9 Å². The summed E-state index contributed by atoms with van der Waals surface area (Å²) in [5.74, 6) is 1.93. The third-order valence-electron chi connectivity index (χ3n) is 6.05. The van der Waals surface area contributed by atoms with Crippen LogP contribution in [0.5, 0.6) is 11.5 Å². The molecule has 5 rings (SSSR count). The van der Waals surface area contributed by atoms with Gasteiger partial charge in [-0.2, -0.15) is 0 Å². The first-order valence-corrected chi connectivity index (χ1v) is 11.8. The highest BCUT2D eigenvalue weighted by atomic mass is 16.5. The van der Waals surface area contributed by atoms with E-state index in [1.165, 1.54) is 0 Å². The summed E-state index contributed by atoms with van der Waals surface area (Å²) < 4.78 is 17.2. The van der Waals surface area contributed by atoms with Gasteiger partial charge in [-0.1, -0.05) is 66.7 Å². The van der Waals surface area contributed by atoms with Gasteiger partial charge in [0.15, 0.2) is 11.5 Å². The minimum absolute atomic E-state index is 0.0690. The van der Waals surface area contributed by atoms with E-state index in [9.17, 15) is 4.79 Å². The van der Waals surface area contributed by atoms with Crippen molar-refractivity contribution in [1.29, 1.82) is 0 Å². The van der Waals surface area contributed by atoms with Crippen molar-refractivity contribution in [2.45, 2.75) is 19.7 Å². The monoisotopic (exact) mass is 477 g/mol. The van der Waals surface area contributed by atoms with Gasteiger partial charge in [0, 0.05) is 12.1 Å². The van der Waals surface area contributed by atoms with Crippen molar-refractivity contribution in [3.8, 4) is 11.5 Å². The Kier molecular flexibility index (Phi) is 6.99. The number of nitrogens with zero attached hydrogens (tertiary/aromatic N) is 1. The molecule has 180 valence electrons. The summed E-state index contributed by atoms with van der Waals surface area (Å²) in [6, 6.07) is 33.3. The number of carbonyl (C=O) groups excluding carboxylic acids is 1. The maximum Gasteiger partial charge on any atom is 0.254 e. The smallest absolute Gasteiger partial charge is 0.254 e. The third kappa shape index (κ3) is 5.41. The van der Waals surface area contributed by atoms with Gasteiger partial charge in [0.25, 0.3) is 5.91 Å². The van der Waals surface area contributed by atoms with Gasteiger partial charge in [-0.3, -0.25) is 4.79 Å². The molecule has 5 aromatic rings. The molecule has 0 aliphatic heterocycles. The topological polar surface area (TPSA) is 51.9 Å². The molecule has 0 unspecified atom stereocenters. The highest BCUT2D eigenvalue weighted by molar-refractivity contribution is 5.98. The van der Waals surface area contributed by atoms with Crippen LogP contribution in [0.25, 0.3) is 10.8 Å². The molecule has 0 aliphatic rings. The number of hydrogen-bond acceptors (Lipinski definition) is 4. The highest BCUT2D eigenvalue weighted by Crippen LogP contribution is 2.30. The summed E-state index contributed by atoms with van der Waals surface area (Å²) in [6.45, 7) is 1.19. The van der Waals surface area contributed by atoms with Crippen LogP contribution in [0, 0.1) is 0 Å². The third-order valence-corrected chi connectivity index (χ3v) is 6.05. The van der Waals surface area contributed by atoms with E-state index in [-0.39, 0.29) is 5.91 Å². The zero-order valence-corrected chi connectivity index (χ0v) is 20.1. The highest BCUT2D eigenvalue weighted by Gasteiger charge is 2.19. The predicted molar refractivity (Wildman–Crippen MR) is 140 cm³/mol. The number of hydrogen-bond donors (Lipinski definition) is 0. The fourth-order valence-electron chi connectivity index (χ4n) is 4.18. The van der Waals surface area contributed by atoms with E-state index in [0.717, 1.165) is 27.7 Å². The molecule has 0 fully saturated rings. The van der Waals surface area contributed by atoms with Gasteiger partial charge in [0.2, 0.25) is 0 Å². The molecular formula is C31H27NO4. The molecule has 4 aromatic carbocycles. The lowest BCUT2D eigenvalue weighted by molar-refractivity contribution is 0.0717. The Morgan fingerprint density at radius 1 is 0.750 bits per heavy atom. The van der Waals surface area contributed by atoms with Crippen LogP contribution in [0.15, 0.2) is 114 Å². The van der Waals surface area contributed by atoms with Crippen molar-refractivity contribution in [2.75, 3.05) is 7.11 Å². The van der Waals surface area contributed by atoms with Crippen LogP contribution in [-0.4, -0.2) is 17.9 Å². The summed E-state index contributed by atoms with van der Waals surface area (Å²) in [5.41, 5.74) is 2.64. The lowest BCUT2D eigenvalue weighted by Crippen LogP contribution is -2.30. The molecule has 0 aliphatic carbocycles. The summed E-state index contributed by atoms with van der Waals surface area (Å²) in [5, 5.41) is 2.13. The quantitative estimate of drug-likeness (QED) is 0.233. The molecular weight excluding hydrogens is 450 g/mol. The molecule has 0 saturated carbocycles. The van der Waals surface area contributed by atoms with Gasteiger partial charge < -0.3 is 18.8 Å². The first-order chi connectivity index (χ1) is 17.7. The molecule has 5 nitrogen and oxygen atoms in total. The van der Waals surface area contributed by atoms with Crippen LogP contribution in [0.1, 0.15) is 27.2 Å². The van der Waals surface area contributed by atoms with Crippen molar-refractivity contribution in [3.05, 3.63) is 132 Å². The summed E-state index contributed by atoms with van der Waals surface area (Å²) in [4.78, 5) is 15.4. The van der Waals surface area contributed by atoms with Crippen molar-refractivity contribution in [1.82, 2.24) is 4.90 Å². The van der Waals surface area contributed by atoms with Gasteiger partial charge in [0.1, 0.15) is 12.4 Å². The minimum atomic E-state index is -0.0690. The lowest BCUT2D eigenvalue weighted by Gasteiger charge is -2.23. The molecule has 1 heterocycles. The lowest BCUT2D eigenvalue weighted by atomic mass is 10.1. The molecule has 1 aromatic heterocycles. The standard InChI is InChI=1S/C31H27NO4/c1-34-30-18-24(13-16-29(30)36-22-23-8-3-2-4-9-23)20-32(21-28-12-7-17-35-28)31(33)27-15-14-25-10-5-6-11-26(25)19-27/h2-19H,20-22H2,1H3. The summed E-state index contributed by atoms with van der Waals surface area (Å²) in [7, 11) is 1.62. The number of benzene rings is 4. The number of rotatable bonds is 9. The Morgan fingerprint density at radius 2 is 1.56 bits per heavy atom. The molecule has 1 amide bonds.